The van der Waals surface area contributed by atoms with Crippen LogP contribution in [0, 0.1) is 12.3 Å². The van der Waals surface area contributed by atoms with Crippen molar-refractivity contribution < 1.29 is 22.7 Å². The van der Waals surface area contributed by atoms with Crippen LogP contribution in [0.5, 0.6) is 5.75 Å². The molecule has 2 heterocycles. The van der Waals surface area contributed by atoms with E-state index in [1.807, 2.05) is 0 Å². The normalized spacial score (nSPS) is 15.0. The number of piperazine rings is 1. The number of ether oxygens (including phenoxy) is 2. The Morgan fingerprint density at radius 2 is 1.75 bits per heavy atom. The molecule has 0 spiro atoms. The minimum atomic E-state index is -4.01. The van der Waals surface area contributed by atoms with Gasteiger partial charge in [0.15, 0.2) is 0 Å². The topological polar surface area (TPSA) is 81.1 Å². The van der Waals surface area contributed by atoms with Crippen LogP contribution >= 0.6 is 0 Å². The van der Waals surface area contributed by atoms with Gasteiger partial charge in [0.2, 0.25) is 0 Å². The highest BCUT2D eigenvalue weighted by Gasteiger charge is 2.27. The van der Waals surface area contributed by atoms with Crippen LogP contribution in [0.2, 0.25) is 0 Å². The molecule has 9 heteroatoms. The molecule has 0 N–H and O–H groups in total. The van der Waals surface area contributed by atoms with Gasteiger partial charge in [0.25, 0.3) is 10.0 Å². The van der Waals surface area contributed by atoms with Crippen LogP contribution in [0.3, 0.4) is 0 Å². The maximum atomic E-state index is 13.4. The lowest BCUT2D eigenvalue weighted by molar-refractivity contribution is 0.0518. The van der Waals surface area contributed by atoms with Crippen molar-refractivity contribution >= 4 is 26.9 Å². The van der Waals surface area contributed by atoms with Crippen molar-refractivity contribution in [1.29, 1.82) is 0 Å². The quantitative estimate of drug-likeness (QED) is 0.236. The largest absolute Gasteiger partial charge is 0.494 e. The Kier molecular flexibility index (Phi) is 8.31. The average Bonchev–Trinajstić information content (AvgIpc) is 3.28. The minimum Gasteiger partial charge on any atom is -0.494 e. The number of fused-ring (bicyclic) bond motifs is 1. The van der Waals surface area contributed by atoms with Gasteiger partial charge in [-0.15, -0.1) is 6.42 Å². The van der Waals surface area contributed by atoms with Gasteiger partial charge in [0.05, 0.1) is 30.2 Å². The maximum absolute atomic E-state index is 13.4. The van der Waals surface area contributed by atoms with E-state index in [0.29, 0.717) is 29.8 Å². The first kappa shape index (κ1) is 25.8. The Morgan fingerprint density at radius 1 is 1.03 bits per heavy atom. The Bertz CT molecular complexity index is 1340. The second-order valence-corrected chi connectivity index (χ2v) is 10.4. The molecule has 0 unspecified atom stereocenters. The smallest absolute Gasteiger partial charge is 0.356 e. The third kappa shape index (κ3) is 5.73. The molecule has 3 aromatic rings. The summed E-state index contributed by atoms with van der Waals surface area (Å²) in [4.78, 5) is 17.4. The molecule has 0 aliphatic carbocycles. The van der Waals surface area contributed by atoms with Gasteiger partial charge in [-0.3, -0.25) is 4.90 Å². The molecule has 0 amide bonds. The zero-order chi connectivity index (χ0) is 25.5. The van der Waals surface area contributed by atoms with Crippen molar-refractivity contribution in [3.05, 3.63) is 60.3 Å². The number of terminal acetylenes is 1. The number of nitrogens with zero attached hydrogens (tertiary/aromatic N) is 3. The summed E-state index contributed by atoms with van der Waals surface area (Å²) in [6.07, 6.45) is 6.26. The van der Waals surface area contributed by atoms with Gasteiger partial charge in [-0.1, -0.05) is 24.1 Å². The predicted molar refractivity (Wildman–Crippen MR) is 139 cm³/mol. The molecular weight excluding hydrogens is 478 g/mol. The molecule has 1 aromatic heterocycles. The molecule has 0 saturated carbocycles. The summed E-state index contributed by atoms with van der Waals surface area (Å²) < 4.78 is 39.0. The van der Waals surface area contributed by atoms with Crippen LogP contribution in [0.25, 0.3) is 10.9 Å². The third-order valence-electron chi connectivity index (χ3n) is 6.16. The number of benzene rings is 2. The van der Waals surface area contributed by atoms with E-state index in [0.717, 1.165) is 43.1 Å². The minimum absolute atomic E-state index is 0.0446. The van der Waals surface area contributed by atoms with Crippen molar-refractivity contribution in [1.82, 2.24) is 13.8 Å². The molecule has 1 saturated heterocycles. The van der Waals surface area contributed by atoms with Crippen LogP contribution in [-0.2, 0) is 14.8 Å². The number of carbonyl (C=O) groups is 1. The Morgan fingerprint density at radius 3 is 2.44 bits per heavy atom. The lowest BCUT2D eigenvalue weighted by Gasteiger charge is -2.33. The van der Waals surface area contributed by atoms with E-state index in [4.69, 9.17) is 15.9 Å². The standard InChI is InChI=1S/C27H31N3O5S/c1-3-13-28-15-17-29(18-16-28)14-8-19-35-23-11-12-25-22(20-23)21-26(27(31)34-4-2)30(25)36(32,33)24-9-6-5-7-10-24/h1,5-7,9-12,20-21H,4,8,13-19H2,2H3. The Balaban J connectivity index is 1.48. The van der Waals surface area contributed by atoms with E-state index >= 15 is 0 Å². The summed E-state index contributed by atoms with van der Waals surface area (Å²) in [5.41, 5.74) is 0.343. The highest BCUT2D eigenvalue weighted by Crippen LogP contribution is 2.29. The van der Waals surface area contributed by atoms with Gasteiger partial charge in [0, 0.05) is 38.1 Å². The molecule has 2 aromatic carbocycles. The molecule has 1 aliphatic rings. The highest BCUT2D eigenvalue weighted by atomic mass is 32.2. The van der Waals surface area contributed by atoms with Crippen LogP contribution in [0.1, 0.15) is 23.8 Å². The van der Waals surface area contributed by atoms with Crippen LogP contribution in [0.4, 0.5) is 0 Å². The number of hydrogen-bond acceptors (Lipinski definition) is 7. The van der Waals surface area contributed by atoms with E-state index in [-0.39, 0.29) is 17.2 Å². The molecule has 36 heavy (non-hydrogen) atoms. The highest BCUT2D eigenvalue weighted by molar-refractivity contribution is 7.90. The number of carbonyl (C=O) groups excluding carboxylic acids is 1. The van der Waals surface area contributed by atoms with E-state index in [1.54, 1.807) is 43.3 Å². The summed E-state index contributed by atoms with van der Waals surface area (Å²) in [6, 6.07) is 14.7. The fourth-order valence-electron chi connectivity index (χ4n) is 4.34. The fourth-order valence-corrected chi connectivity index (χ4v) is 5.86. The molecule has 1 aliphatic heterocycles. The number of aromatic nitrogens is 1. The monoisotopic (exact) mass is 509 g/mol. The first-order chi connectivity index (χ1) is 17.4. The number of rotatable bonds is 10. The number of hydrogen-bond donors (Lipinski definition) is 0. The van der Waals surface area contributed by atoms with E-state index in [1.165, 1.54) is 18.2 Å². The van der Waals surface area contributed by atoms with Gasteiger partial charge >= 0.3 is 5.97 Å². The molecule has 8 nitrogen and oxygen atoms in total. The third-order valence-corrected chi connectivity index (χ3v) is 7.90. The van der Waals surface area contributed by atoms with Crippen molar-refractivity contribution in [2.75, 3.05) is 52.5 Å². The zero-order valence-electron chi connectivity index (χ0n) is 20.4. The number of esters is 1. The van der Waals surface area contributed by atoms with E-state index < -0.39 is 16.0 Å². The summed E-state index contributed by atoms with van der Waals surface area (Å²) in [7, 11) is -4.01. The summed E-state index contributed by atoms with van der Waals surface area (Å²) >= 11 is 0. The van der Waals surface area contributed by atoms with Crippen molar-refractivity contribution in [2.24, 2.45) is 0 Å². The Labute approximate surface area is 212 Å². The van der Waals surface area contributed by atoms with Crippen molar-refractivity contribution in [3.63, 3.8) is 0 Å². The molecular formula is C27H31N3O5S. The van der Waals surface area contributed by atoms with Gasteiger partial charge in [-0.2, -0.15) is 0 Å². The van der Waals surface area contributed by atoms with Crippen molar-refractivity contribution in [2.45, 2.75) is 18.2 Å². The van der Waals surface area contributed by atoms with Gasteiger partial charge in [-0.25, -0.2) is 17.2 Å². The van der Waals surface area contributed by atoms with Gasteiger partial charge < -0.3 is 14.4 Å². The first-order valence-corrected chi connectivity index (χ1v) is 13.5. The molecule has 190 valence electrons. The second-order valence-electron chi connectivity index (χ2n) is 8.58. The van der Waals surface area contributed by atoms with Gasteiger partial charge in [0.1, 0.15) is 11.4 Å². The lowest BCUT2D eigenvalue weighted by Crippen LogP contribution is -2.46. The van der Waals surface area contributed by atoms with Crippen LogP contribution in [0.15, 0.2) is 59.5 Å². The van der Waals surface area contributed by atoms with E-state index in [2.05, 4.69) is 15.7 Å². The predicted octanol–water partition coefficient (Wildman–Crippen LogP) is 3.07. The fraction of sp³-hybridized carbons (Fsp3) is 0.370. The molecule has 1 fully saturated rings. The van der Waals surface area contributed by atoms with Gasteiger partial charge in [-0.05, 0) is 49.7 Å². The molecule has 0 radical (unpaired) electrons. The average molecular weight is 510 g/mol. The molecule has 0 atom stereocenters. The SMILES string of the molecule is C#CCN1CCN(CCCOc2ccc3c(c2)cc(C(=O)OCC)n3S(=O)(=O)c2ccccc2)CC1. The Hall–Kier alpha value is -3.32. The summed E-state index contributed by atoms with van der Waals surface area (Å²) in [5, 5.41) is 0.583. The first-order valence-electron chi connectivity index (χ1n) is 12.1. The van der Waals surface area contributed by atoms with Crippen LogP contribution in [-0.4, -0.2) is 80.6 Å². The summed E-state index contributed by atoms with van der Waals surface area (Å²) in [6.45, 7) is 7.93. The lowest BCUT2D eigenvalue weighted by atomic mass is 10.2. The van der Waals surface area contributed by atoms with E-state index in [9.17, 15) is 13.2 Å². The van der Waals surface area contributed by atoms with Crippen LogP contribution < -0.4 is 4.74 Å². The van der Waals surface area contributed by atoms with Crippen molar-refractivity contribution in [3.8, 4) is 18.1 Å². The molecule has 0 bridgehead atoms. The summed E-state index contributed by atoms with van der Waals surface area (Å²) in [5.74, 6) is 2.62. The second kappa shape index (κ2) is 11.6. The maximum Gasteiger partial charge on any atom is 0.356 e. The zero-order valence-corrected chi connectivity index (χ0v) is 21.2. The molecule has 4 rings (SSSR count).